The second-order valence-electron chi connectivity index (χ2n) is 5.11. The molecule has 1 aromatic carbocycles. The van der Waals surface area contributed by atoms with Crippen molar-refractivity contribution in [3.63, 3.8) is 0 Å². The highest BCUT2D eigenvalue weighted by Crippen LogP contribution is 2.30. The molecular formula is C16H27NO. The van der Waals surface area contributed by atoms with Crippen LogP contribution in [-0.4, -0.2) is 12.6 Å². The standard InChI is InChI=1S/C16H27NO/c1-5-14(8-7-13(4)17)16-10-9-15(18-6-2)11-12(16)3/h9-11,13-14H,5-8,17H2,1-4H3. The van der Waals surface area contributed by atoms with Gasteiger partial charge in [-0.3, -0.25) is 0 Å². The molecule has 0 spiro atoms. The third-order valence-corrected chi connectivity index (χ3v) is 3.46. The molecule has 2 N–H and O–H groups in total. The number of rotatable bonds is 7. The van der Waals surface area contributed by atoms with Crippen molar-refractivity contribution in [1.29, 1.82) is 0 Å². The number of hydrogen-bond acceptors (Lipinski definition) is 2. The van der Waals surface area contributed by atoms with Crippen LogP contribution in [0.15, 0.2) is 18.2 Å². The first-order valence-corrected chi connectivity index (χ1v) is 7.07. The van der Waals surface area contributed by atoms with Gasteiger partial charge in [-0.15, -0.1) is 0 Å². The van der Waals surface area contributed by atoms with E-state index >= 15 is 0 Å². The van der Waals surface area contributed by atoms with Crippen molar-refractivity contribution in [3.05, 3.63) is 29.3 Å². The second kappa shape index (κ2) is 7.42. The predicted octanol–water partition coefficient (Wildman–Crippen LogP) is 4.01. The van der Waals surface area contributed by atoms with Crippen LogP contribution in [0.25, 0.3) is 0 Å². The van der Waals surface area contributed by atoms with Gasteiger partial charge in [-0.1, -0.05) is 13.0 Å². The van der Waals surface area contributed by atoms with Crippen LogP contribution in [0.5, 0.6) is 5.75 Å². The summed E-state index contributed by atoms with van der Waals surface area (Å²) in [5.74, 6) is 1.59. The van der Waals surface area contributed by atoms with E-state index < -0.39 is 0 Å². The molecule has 18 heavy (non-hydrogen) atoms. The predicted molar refractivity (Wildman–Crippen MR) is 78.3 cm³/mol. The van der Waals surface area contributed by atoms with Crippen LogP contribution in [-0.2, 0) is 0 Å². The van der Waals surface area contributed by atoms with Crippen LogP contribution in [0.2, 0.25) is 0 Å². The number of benzene rings is 1. The number of hydrogen-bond donors (Lipinski definition) is 1. The van der Waals surface area contributed by atoms with Gasteiger partial charge in [0.15, 0.2) is 0 Å². The van der Waals surface area contributed by atoms with E-state index in [0.29, 0.717) is 12.0 Å². The van der Waals surface area contributed by atoms with Crippen molar-refractivity contribution in [1.82, 2.24) is 0 Å². The van der Waals surface area contributed by atoms with Gasteiger partial charge >= 0.3 is 0 Å². The Balaban J connectivity index is 2.79. The fourth-order valence-electron chi connectivity index (χ4n) is 2.41. The first-order valence-electron chi connectivity index (χ1n) is 7.07. The van der Waals surface area contributed by atoms with Crippen LogP contribution in [0, 0.1) is 6.92 Å². The lowest BCUT2D eigenvalue weighted by atomic mass is 9.88. The Morgan fingerprint density at radius 2 is 1.94 bits per heavy atom. The minimum Gasteiger partial charge on any atom is -0.494 e. The van der Waals surface area contributed by atoms with Gasteiger partial charge in [0.2, 0.25) is 0 Å². The molecule has 0 aliphatic rings. The SMILES string of the molecule is CCOc1ccc(C(CC)CCC(C)N)c(C)c1. The zero-order valence-corrected chi connectivity index (χ0v) is 12.2. The highest BCUT2D eigenvalue weighted by atomic mass is 16.5. The summed E-state index contributed by atoms with van der Waals surface area (Å²) in [6.45, 7) is 9.24. The van der Waals surface area contributed by atoms with Crippen LogP contribution in [0.4, 0.5) is 0 Å². The van der Waals surface area contributed by atoms with Gasteiger partial charge in [0.05, 0.1) is 6.61 Å². The first-order chi connectivity index (χ1) is 8.58. The summed E-state index contributed by atoms with van der Waals surface area (Å²) in [6.07, 6.45) is 3.43. The third kappa shape index (κ3) is 4.34. The summed E-state index contributed by atoms with van der Waals surface area (Å²) in [7, 11) is 0. The van der Waals surface area contributed by atoms with Gasteiger partial charge in [-0.25, -0.2) is 0 Å². The van der Waals surface area contributed by atoms with E-state index in [1.807, 2.05) is 6.92 Å². The van der Waals surface area contributed by atoms with Crippen molar-refractivity contribution in [3.8, 4) is 5.75 Å². The lowest BCUT2D eigenvalue weighted by Gasteiger charge is -2.19. The molecule has 0 heterocycles. The molecule has 0 saturated carbocycles. The van der Waals surface area contributed by atoms with E-state index in [2.05, 4.69) is 39.0 Å². The average Bonchev–Trinajstić information content (AvgIpc) is 2.32. The minimum absolute atomic E-state index is 0.294. The molecule has 102 valence electrons. The molecule has 0 aromatic heterocycles. The lowest BCUT2D eigenvalue weighted by molar-refractivity contribution is 0.340. The second-order valence-corrected chi connectivity index (χ2v) is 5.11. The van der Waals surface area contributed by atoms with Gasteiger partial charge in [0.25, 0.3) is 0 Å². The van der Waals surface area contributed by atoms with Crippen LogP contribution in [0.1, 0.15) is 57.1 Å². The van der Waals surface area contributed by atoms with Crippen molar-refractivity contribution in [2.45, 2.75) is 58.9 Å². The molecule has 0 radical (unpaired) electrons. The monoisotopic (exact) mass is 249 g/mol. The van der Waals surface area contributed by atoms with E-state index in [1.165, 1.54) is 24.0 Å². The summed E-state index contributed by atoms with van der Waals surface area (Å²) < 4.78 is 5.53. The molecule has 1 rings (SSSR count). The Bertz CT molecular complexity index is 360. The third-order valence-electron chi connectivity index (χ3n) is 3.46. The van der Waals surface area contributed by atoms with E-state index in [9.17, 15) is 0 Å². The van der Waals surface area contributed by atoms with E-state index in [-0.39, 0.29) is 0 Å². The molecular weight excluding hydrogens is 222 g/mol. The van der Waals surface area contributed by atoms with E-state index in [4.69, 9.17) is 10.5 Å². The smallest absolute Gasteiger partial charge is 0.119 e. The number of aryl methyl sites for hydroxylation is 1. The molecule has 0 aliphatic heterocycles. The quantitative estimate of drug-likeness (QED) is 0.792. The largest absolute Gasteiger partial charge is 0.494 e. The fourth-order valence-corrected chi connectivity index (χ4v) is 2.41. The first kappa shape index (κ1) is 15.0. The van der Waals surface area contributed by atoms with Gasteiger partial charge < -0.3 is 10.5 Å². The molecule has 1 aromatic rings. The van der Waals surface area contributed by atoms with Gasteiger partial charge in [0, 0.05) is 6.04 Å². The van der Waals surface area contributed by atoms with Gasteiger partial charge in [-0.05, 0) is 69.2 Å². The summed E-state index contributed by atoms with van der Waals surface area (Å²) in [5.41, 5.74) is 8.63. The molecule has 2 unspecified atom stereocenters. The van der Waals surface area contributed by atoms with Crippen molar-refractivity contribution < 1.29 is 4.74 Å². The summed E-state index contributed by atoms with van der Waals surface area (Å²) >= 11 is 0. The minimum atomic E-state index is 0.294. The molecule has 0 fully saturated rings. The van der Waals surface area contributed by atoms with E-state index in [0.717, 1.165) is 18.8 Å². The Kier molecular flexibility index (Phi) is 6.20. The molecule has 2 heteroatoms. The Morgan fingerprint density at radius 1 is 1.22 bits per heavy atom. The normalized spacial score (nSPS) is 14.3. The molecule has 0 bridgehead atoms. The maximum absolute atomic E-state index is 5.86. The van der Waals surface area contributed by atoms with Gasteiger partial charge in [0.1, 0.15) is 5.75 Å². The Labute approximate surface area is 112 Å². The zero-order chi connectivity index (χ0) is 13.5. The van der Waals surface area contributed by atoms with E-state index in [1.54, 1.807) is 0 Å². The van der Waals surface area contributed by atoms with Crippen molar-refractivity contribution in [2.24, 2.45) is 5.73 Å². The van der Waals surface area contributed by atoms with Crippen LogP contribution < -0.4 is 10.5 Å². The lowest BCUT2D eigenvalue weighted by Crippen LogP contribution is -2.16. The topological polar surface area (TPSA) is 35.2 Å². The van der Waals surface area contributed by atoms with Crippen LogP contribution in [0.3, 0.4) is 0 Å². The molecule has 0 amide bonds. The summed E-state index contributed by atoms with van der Waals surface area (Å²) in [5, 5.41) is 0. The van der Waals surface area contributed by atoms with Crippen molar-refractivity contribution >= 4 is 0 Å². The molecule has 0 aliphatic carbocycles. The highest BCUT2D eigenvalue weighted by molar-refractivity contribution is 5.36. The summed E-state index contributed by atoms with van der Waals surface area (Å²) in [6, 6.07) is 6.74. The maximum Gasteiger partial charge on any atom is 0.119 e. The fraction of sp³-hybridized carbons (Fsp3) is 0.625. The van der Waals surface area contributed by atoms with Gasteiger partial charge in [-0.2, -0.15) is 0 Å². The molecule has 2 nitrogen and oxygen atoms in total. The molecule has 0 saturated heterocycles. The average molecular weight is 249 g/mol. The number of ether oxygens (including phenoxy) is 1. The Hall–Kier alpha value is -1.02. The highest BCUT2D eigenvalue weighted by Gasteiger charge is 2.13. The maximum atomic E-state index is 5.86. The number of nitrogens with two attached hydrogens (primary N) is 1. The zero-order valence-electron chi connectivity index (χ0n) is 12.2. The van der Waals surface area contributed by atoms with Crippen molar-refractivity contribution in [2.75, 3.05) is 6.61 Å². The summed E-state index contributed by atoms with van der Waals surface area (Å²) in [4.78, 5) is 0. The van der Waals surface area contributed by atoms with Crippen LogP contribution >= 0.6 is 0 Å². The Morgan fingerprint density at radius 3 is 2.44 bits per heavy atom. The molecule has 2 atom stereocenters.